The molecule has 32 heavy (non-hydrogen) atoms. The number of aromatic nitrogens is 3. The number of hydrogen-bond acceptors (Lipinski definition) is 3. The minimum atomic E-state index is -0.949. The van der Waals surface area contributed by atoms with Crippen LogP contribution in [0.15, 0.2) is 85.2 Å². The van der Waals surface area contributed by atoms with Gasteiger partial charge >= 0.3 is 5.97 Å². The summed E-state index contributed by atoms with van der Waals surface area (Å²) in [6.07, 6.45) is 7.54. The first kappa shape index (κ1) is 21.1. The molecule has 0 atom stereocenters. The number of carboxylic acid groups (broad SMARTS) is 1. The lowest BCUT2D eigenvalue weighted by Gasteiger charge is -2.06. The summed E-state index contributed by atoms with van der Waals surface area (Å²) in [5.74, 6) is -0.958. The number of nitrogens with zero attached hydrogens (tertiary/aromatic N) is 3. The molecule has 2 aromatic heterocycles. The molecule has 6 heteroatoms. The van der Waals surface area contributed by atoms with Crippen molar-refractivity contribution in [3.63, 3.8) is 0 Å². The fourth-order valence-corrected chi connectivity index (χ4v) is 3.51. The molecule has 0 bridgehead atoms. The third-order valence-corrected chi connectivity index (χ3v) is 5.21. The van der Waals surface area contributed by atoms with Crippen LogP contribution in [-0.4, -0.2) is 31.2 Å². The fraction of sp³-hybridized carbons (Fsp3) is 0.115. The highest BCUT2D eigenvalue weighted by molar-refractivity contribution is 6.08. The SMILES string of the molecule is Cc1ccc(C(=O)c2cccn2C/C=C/c2ccn(Cc3ccccc3C(=O)O)n2)cc1. The molecule has 0 radical (unpaired) electrons. The van der Waals surface area contributed by atoms with E-state index in [1.807, 2.05) is 84.6 Å². The number of aryl methyl sites for hydroxylation is 1. The number of rotatable bonds is 8. The molecule has 2 aromatic carbocycles. The summed E-state index contributed by atoms with van der Waals surface area (Å²) >= 11 is 0. The van der Waals surface area contributed by atoms with Gasteiger partial charge in [-0.05, 0) is 42.8 Å². The van der Waals surface area contributed by atoms with E-state index in [0.717, 1.165) is 11.3 Å². The summed E-state index contributed by atoms with van der Waals surface area (Å²) in [5.41, 5.74) is 4.15. The Hall–Kier alpha value is -4.19. The standard InChI is InChI=1S/C26H23N3O3/c1-19-10-12-20(13-11-19)25(30)24-9-5-16-28(24)15-4-7-22-14-17-29(27-22)18-21-6-2-3-8-23(21)26(31)32/h2-14,16-17H,15,18H2,1H3,(H,31,32)/b7-4+. The number of allylic oxidation sites excluding steroid dienone is 1. The van der Waals surface area contributed by atoms with Gasteiger partial charge in [0.1, 0.15) is 0 Å². The number of carboxylic acids is 1. The van der Waals surface area contributed by atoms with Crippen LogP contribution in [0, 0.1) is 6.92 Å². The molecular formula is C26H23N3O3. The molecule has 160 valence electrons. The van der Waals surface area contributed by atoms with Gasteiger partial charge in [-0.3, -0.25) is 9.48 Å². The van der Waals surface area contributed by atoms with Crippen LogP contribution in [0.25, 0.3) is 6.08 Å². The molecule has 4 rings (SSSR count). The molecule has 0 aliphatic rings. The normalized spacial score (nSPS) is 11.2. The zero-order valence-electron chi connectivity index (χ0n) is 17.7. The molecule has 2 heterocycles. The molecule has 6 nitrogen and oxygen atoms in total. The zero-order chi connectivity index (χ0) is 22.5. The van der Waals surface area contributed by atoms with Crippen LogP contribution < -0.4 is 0 Å². The maximum absolute atomic E-state index is 12.8. The van der Waals surface area contributed by atoms with Gasteiger partial charge in [-0.1, -0.05) is 54.1 Å². The second-order valence-corrected chi connectivity index (χ2v) is 7.54. The van der Waals surface area contributed by atoms with Crippen molar-refractivity contribution in [2.75, 3.05) is 0 Å². The Balaban J connectivity index is 1.43. The van der Waals surface area contributed by atoms with E-state index in [4.69, 9.17) is 0 Å². The van der Waals surface area contributed by atoms with Crippen molar-refractivity contribution in [2.45, 2.75) is 20.0 Å². The van der Waals surface area contributed by atoms with Crippen molar-refractivity contribution in [3.05, 3.63) is 119 Å². The minimum absolute atomic E-state index is 0.00947. The van der Waals surface area contributed by atoms with E-state index in [-0.39, 0.29) is 11.3 Å². The molecule has 0 unspecified atom stereocenters. The van der Waals surface area contributed by atoms with Gasteiger partial charge in [-0.25, -0.2) is 4.79 Å². The van der Waals surface area contributed by atoms with Crippen LogP contribution in [0.4, 0.5) is 0 Å². The maximum atomic E-state index is 12.8. The molecule has 0 aliphatic carbocycles. The summed E-state index contributed by atoms with van der Waals surface area (Å²) in [6, 6.07) is 20.0. The van der Waals surface area contributed by atoms with E-state index in [1.54, 1.807) is 22.9 Å². The molecule has 0 saturated heterocycles. The number of hydrogen-bond donors (Lipinski definition) is 1. The molecule has 0 amide bonds. The lowest BCUT2D eigenvalue weighted by molar-refractivity contribution is 0.0695. The average Bonchev–Trinajstić information content (AvgIpc) is 3.44. The second-order valence-electron chi connectivity index (χ2n) is 7.54. The van der Waals surface area contributed by atoms with E-state index in [1.165, 1.54) is 0 Å². The number of aromatic carboxylic acids is 1. The van der Waals surface area contributed by atoms with Crippen molar-refractivity contribution >= 4 is 17.8 Å². The lowest BCUT2D eigenvalue weighted by atomic mass is 10.1. The van der Waals surface area contributed by atoms with Gasteiger partial charge < -0.3 is 9.67 Å². The first-order chi connectivity index (χ1) is 15.5. The highest BCUT2D eigenvalue weighted by Crippen LogP contribution is 2.14. The molecule has 0 spiro atoms. The monoisotopic (exact) mass is 425 g/mol. The topological polar surface area (TPSA) is 77.1 Å². The van der Waals surface area contributed by atoms with E-state index in [0.29, 0.717) is 29.9 Å². The van der Waals surface area contributed by atoms with E-state index >= 15 is 0 Å². The smallest absolute Gasteiger partial charge is 0.336 e. The van der Waals surface area contributed by atoms with Crippen LogP contribution in [0.2, 0.25) is 0 Å². The predicted octanol–water partition coefficient (Wildman–Crippen LogP) is 4.68. The molecule has 4 aromatic rings. The van der Waals surface area contributed by atoms with Crippen LogP contribution >= 0.6 is 0 Å². The van der Waals surface area contributed by atoms with E-state index in [2.05, 4.69) is 5.10 Å². The van der Waals surface area contributed by atoms with Crippen molar-refractivity contribution in [2.24, 2.45) is 0 Å². The second kappa shape index (κ2) is 9.31. The van der Waals surface area contributed by atoms with E-state index < -0.39 is 5.97 Å². The fourth-order valence-electron chi connectivity index (χ4n) is 3.51. The summed E-state index contributed by atoms with van der Waals surface area (Å²) in [5, 5.41) is 13.8. The van der Waals surface area contributed by atoms with Gasteiger partial charge in [-0.2, -0.15) is 5.10 Å². The summed E-state index contributed by atoms with van der Waals surface area (Å²) < 4.78 is 3.61. The minimum Gasteiger partial charge on any atom is -0.478 e. The van der Waals surface area contributed by atoms with Gasteiger partial charge in [-0.15, -0.1) is 0 Å². The van der Waals surface area contributed by atoms with Crippen LogP contribution in [0.1, 0.15) is 43.2 Å². The van der Waals surface area contributed by atoms with Gasteiger partial charge in [0.15, 0.2) is 0 Å². The Labute approximate surface area is 186 Å². The quantitative estimate of drug-likeness (QED) is 0.416. The molecule has 0 saturated carbocycles. The Kier molecular flexibility index (Phi) is 6.12. The Bertz CT molecular complexity index is 1280. The largest absolute Gasteiger partial charge is 0.478 e. The Morgan fingerprint density at radius 2 is 1.75 bits per heavy atom. The summed E-state index contributed by atoms with van der Waals surface area (Å²) in [6.45, 7) is 2.91. The maximum Gasteiger partial charge on any atom is 0.336 e. The zero-order valence-corrected chi connectivity index (χ0v) is 17.7. The Morgan fingerprint density at radius 3 is 2.53 bits per heavy atom. The van der Waals surface area contributed by atoms with Gasteiger partial charge in [0.05, 0.1) is 23.5 Å². The summed E-state index contributed by atoms with van der Waals surface area (Å²) in [7, 11) is 0. The molecule has 0 fully saturated rings. The molecule has 1 N–H and O–H groups in total. The molecular weight excluding hydrogens is 402 g/mol. The number of carbonyl (C=O) groups excluding carboxylic acids is 1. The average molecular weight is 425 g/mol. The predicted molar refractivity (Wildman–Crippen MR) is 123 cm³/mol. The summed E-state index contributed by atoms with van der Waals surface area (Å²) in [4.78, 5) is 24.2. The van der Waals surface area contributed by atoms with Gasteiger partial charge in [0.25, 0.3) is 0 Å². The van der Waals surface area contributed by atoms with Crippen LogP contribution in [-0.2, 0) is 13.1 Å². The van der Waals surface area contributed by atoms with Crippen molar-refractivity contribution in [1.29, 1.82) is 0 Å². The highest BCUT2D eigenvalue weighted by atomic mass is 16.4. The van der Waals surface area contributed by atoms with Gasteiger partial charge in [0, 0.05) is 24.5 Å². The van der Waals surface area contributed by atoms with Crippen LogP contribution in [0.5, 0.6) is 0 Å². The van der Waals surface area contributed by atoms with Crippen molar-refractivity contribution < 1.29 is 14.7 Å². The third-order valence-electron chi connectivity index (χ3n) is 5.21. The van der Waals surface area contributed by atoms with Crippen LogP contribution in [0.3, 0.4) is 0 Å². The Morgan fingerprint density at radius 1 is 0.969 bits per heavy atom. The number of ketones is 1. The number of carbonyl (C=O) groups is 2. The first-order valence-electron chi connectivity index (χ1n) is 10.3. The van der Waals surface area contributed by atoms with Crippen molar-refractivity contribution in [1.82, 2.24) is 14.3 Å². The van der Waals surface area contributed by atoms with Crippen molar-refractivity contribution in [3.8, 4) is 0 Å². The number of benzene rings is 2. The third kappa shape index (κ3) is 4.75. The molecule has 0 aliphatic heterocycles. The van der Waals surface area contributed by atoms with E-state index in [9.17, 15) is 14.7 Å². The lowest BCUT2D eigenvalue weighted by Crippen LogP contribution is -2.09. The first-order valence-corrected chi connectivity index (χ1v) is 10.3. The van der Waals surface area contributed by atoms with Gasteiger partial charge in [0.2, 0.25) is 5.78 Å². The highest BCUT2D eigenvalue weighted by Gasteiger charge is 2.13.